The first kappa shape index (κ1) is 7.32. The van der Waals surface area contributed by atoms with Crippen molar-refractivity contribution >= 4 is 6.34 Å². The maximum atomic E-state index is 4.05. The Hall–Kier alpha value is -0.790. The first-order chi connectivity index (χ1) is 4.88. The third kappa shape index (κ3) is 1.38. The molecule has 0 fully saturated rings. The van der Waals surface area contributed by atoms with E-state index in [1.807, 2.05) is 12.5 Å². The van der Waals surface area contributed by atoms with Crippen LogP contribution in [0.5, 0.6) is 0 Å². The summed E-state index contributed by atoms with van der Waals surface area (Å²) in [4.78, 5) is 6.28. The fourth-order valence-electron chi connectivity index (χ4n) is 1.16. The molecule has 0 aliphatic carbocycles. The molecule has 0 saturated carbocycles. The summed E-state index contributed by atoms with van der Waals surface area (Å²) in [6, 6.07) is 0.572. The lowest BCUT2D eigenvalue weighted by molar-refractivity contribution is 0.372. The first-order valence-electron chi connectivity index (χ1n) is 3.84. The van der Waals surface area contributed by atoms with Gasteiger partial charge in [-0.05, 0) is 19.4 Å². The summed E-state index contributed by atoms with van der Waals surface area (Å²) < 4.78 is 0. The third-order valence-electron chi connectivity index (χ3n) is 1.82. The fraction of sp³-hybridized carbons (Fsp3) is 0.625. The summed E-state index contributed by atoms with van der Waals surface area (Å²) >= 11 is 0. The quantitative estimate of drug-likeness (QED) is 0.566. The van der Waals surface area contributed by atoms with Crippen LogP contribution in [0.4, 0.5) is 0 Å². The van der Waals surface area contributed by atoms with E-state index in [9.17, 15) is 0 Å². The summed E-state index contributed by atoms with van der Waals surface area (Å²) in [6.07, 6.45) is 7.09. The number of aliphatic imine (C=N–C) groups is 1. The highest BCUT2D eigenvalue weighted by Crippen LogP contribution is 2.06. The molecule has 1 unspecified atom stereocenters. The minimum atomic E-state index is 0.572. The van der Waals surface area contributed by atoms with E-state index in [4.69, 9.17) is 0 Å². The van der Waals surface area contributed by atoms with Crippen LogP contribution < -0.4 is 0 Å². The van der Waals surface area contributed by atoms with Gasteiger partial charge in [0, 0.05) is 18.8 Å². The maximum absolute atomic E-state index is 4.05. The van der Waals surface area contributed by atoms with Crippen molar-refractivity contribution < 1.29 is 0 Å². The molecule has 10 heavy (non-hydrogen) atoms. The predicted octanol–water partition coefficient (Wildman–Crippen LogP) is 1.64. The second-order valence-corrected chi connectivity index (χ2v) is 2.41. The van der Waals surface area contributed by atoms with Gasteiger partial charge in [0.2, 0.25) is 0 Å². The first-order valence-corrected chi connectivity index (χ1v) is 3.84. The summed E-state index contributed by atoms with van der Waals surface area (Å²) in [5.74, 6) is 0. The monoisotopic (exact) mass is 138 g/mol. The summed E-state index contributed by atoms with van der Waals surface area (Å²) in [5.41, 5.74) is 0. The number of rotatable bonds is 2. The van der Waals surface area contributed by atoms with Gasteiger partial charge in [0.1, 0.15) is 0 Å². The standard InChI is InChI=1S/C8H14N2/c1-3-8-5-6-9-7-10(8)4-2/h5-8H,3-4H2,1-2H3. The Morgan fingerprint density at radius 2 is 2.30 bits per heavy atom. The van der Waals surface area contributed by atoms with E-state index >= 15 is 0 Å². The van der Waals surface area contributed by atoms with E-state index in [0.717, 1.165) is 13.0 Å². The van der Waals surface area contributed by atoms with Gasteiger partial charge in [-0.2, -0.15) is 0 Å². The van der Waals surface area contributed by atoms with Gasteiger partial charge in [-0.15, -0.1) is 0 Å². The molecule has 0 aromatic heterocycles. The van der Waals surface area contributed by atoms with Crippen molar-refractivity contribution in [1.82, 2.24) is 4.90 Å². The summed E-state index contributed by atoms with van der Waals surface area (Å²) in [5, 5.41) is 0. The Bertz CT molecular complexity index is 131. The van der Waals surface area contributed by atoms with E-state index in [1.54, 1.807) is 0 Å². The lowest BCUT2D eigenvalue weighted by atomic mass is 10.2. The predicted molar refractivity (Wildman–Crippen MR) is 44.1 cm³/mol. The van der Waals surface area contributed by atoms with Crippen molar-refractivity contribution in [3.63, 3.8) is 0 Å². The molecule has 2 nitrogen and oxygen atoms in total. The van der Waals surface area contributed by atoms with Crippen LogP contribution in [0.3, 0.4) is 0 Å². The number of nitrogens with zero attached hydrogens (tertiary/aromatic N) is 2. The Morgan fingerprint density at radius 3 is 2.80 bits per heavy atom. The van der Waals surface area contributed by atoms with Gasteiger partial charge in [0.05, 0.1) is 6.34 Å². The smallest absolute Gasteiger partial charge is 0.0909 e. The minimum absolute atomic E-state index is 0.572. The zero-order valence-electron chi connectivity index (χ0n) is 6.62. The van der Waals surface area contributed by atoms with Crippen LogP contribution in [0.1, 0.15) is 20.3 Å². The molecule has 0 aromatic rings. The van der Waals surface area contributed by atoms with Crippen LogP contribution in [0.2, 0.25) is 0 Å². The molecule has 0 aromatic carbocycles. The number of hydrogen-bond donors (Lipinski definition) is 0. The molecular weight excluding hydrogens is 124 g/mol. The van der Waals surface area contributed by atoms with Gasteiger partial charge in [0.15, 0.2) is 0 Å². The highest BCUT2D eigenvalue weighted by Gasteiger charge is 2.09. The van der Waals surface area contributed by atoms with Gasteiger partial charge in [-0.3, -0.25) is 0 Å². The van der Waals surface area contributed by atoms with Gasteiger partial charge in [0.25, 0.3) is 0 Å². The van der Waals surface area contributed by atoms with Crippen molar-refractivity contribution in [1.29, 1.82) is 0 Å². The van der Waals surface area contributed by atoms with Crippen molar-refractivity contribution in [3.8, 4) is 0 Å². The molecular formula is C8H14N2. The highest BCUT2D eigenvalue weighted by molar-refractivity contribution is 5.58. The lowest BCUT2D eigenvalue weighted by Crippen LogP contribution is -2.33. The normalized spacial score (nSPS) is 23.8. The van der Waals surface area contributed by atoms with Gasteiger partial charge >= 0.3 is 0 Å². The van der Waals surface area contributed by atoms with Crippen molar-refractivity contribution in [2.75, 3.05) is 6.54 Å². The van der Waals surface area contributed by atoms with E-state index < -0.39 is 0 Å². The lowest BCUT2D eigenvalue weighted by Gasteiger charge is -2.26. The number of hydrogen-bond acceptors (Lipinski definition) is 2. The van der Waals surface area contributed by atoms with Gasteiger partial charge in [-0.1, -0.05) is 6.92 Å². The van der Waals surface area contributed by atoms with E-state index in [2.05, 4.69) is 29.8 Å². The van der Waals surface area contributed by atoms with Crippen LogP contribution in [0.15, 0.2) is 17.3 Å². The SMILES string of the molecule is CCC1C=CN=CN1CC. The van der Waals surface area contributed by atoms with E-state index in [-0.39, 0.29) is 0 Å². The molecule has 1 atom stereocenters. The van der Waals surface area contributed by atoms with Crippen molar-refractivity contribution in [2.24, 2.45) is 4.99 Å². The molecule has 0 N–H and O–H groups in total. The zero-order chi connectivity index (χ0) is 7.40. The van der Waals surface area contributed by atoms with E-state index in [1.165, 1.54) is 0 Å². The molecule has 0 bridgehead atoms. The second-order valence-electron chi connectivity index (χ2n) is 2.41. The summed E-state index contributed by atoms with van der Waals surface area (Å²) in [6.45, 7) is 5.39. The molecule has 0 amide bonds. The molecule has 0 radical (unpaired) electrons. The highest BCUT2D eigenvalue weighted by atomic mass is 15.2. The molecule has 1 aliphatic rings. The minimum Gasteiger partial charge on any atom is -0.356 e. The van der Waals surface area contributed by atoms with Crippen LogP contribution in [-0.2, 0) is 0 Å². The Kier molecular flexibility index (Phi) is 2.49. The third-order valence-corrected chi connectivity index (χ3v) is 1.82. The Morgan fingerprint density at radius 1 is 1.50 bits per heavy atom. The molecule has 1 aliphatic heterocycles. The van der Waals surface area contributed by atoms with Gasteiger partial charge in [-0.25, -0.2) is 4.99 Å². The average molecular weight is 138 g/mol. The largest absolute Gasteiger partial charge is 0.356 e. The van der Waals surface area contributed by atoms with Crippen LogP contribution >= 0.6 is 0 Å². The number of likely N-dealkylation sites (N-methyl/N-ethyl adjacent to an activating group) is 1. The Balaban J connectivity index is 2.55. The maximum Gasteiger partial charge on any atom is 0.0909 e. The van der Waals surface area contributed by atoms with Crippen molar-refractivity contribution in [3.05, 3.63) is 12.3 Å². The van der Waals surface area contributed by atoms with Crippen LogP contribution in [0.25, 0.3) is 0 Å². The molecule has 0 spiro atoms. The molecule has 1 heterocycles. The second kappa shape index (κ2) is 3.40. The summed E-state index contributed by atoms with van der Waals surface area (Å²) in [7, 11) is 0. The molecule has 1 rings (SSSR count). The fourth-order valence-corrected chi connectivity index (χ4v) is 1.16. The molecule has 56 valence electrons. The van der Waals surface area contributed by atoms with Gasteiger partial charge < -0.3 is 4.90 Å². The average Bonchev–Trinajstić information content (AvgIpc) is 2.04. The topological polar surface area (TPSA) is 15.6 Å². The molecule has 0 saturated heterocycles. The molecule has 2 heteroatoms. The Labute approximate surface area is 62.3 Å². The van der Waals surface area contributed by atoms with Crippen LogP contribution in [0, 0.1) is 0 Å². The zero-order valence-corrected chi connectivity index (χ0v) is 6.62. The van der Waals surface area contributed by atoms with Crippen molar-refractivity contribution in [2.45, 2.75) is 26.3 Å². The van der Waals surface area contributed by atoms with Crippen LogP contribution in [-0.4, -0.2) is 23.8 Å². The van der Waals surface area contributed by atoms with E-state index in [0.29, 0.717) is 6.04 Å².